The van der Waals surface area contributed by atoms with Gasteiger partial charge in [-0.25, -0.2) is 9.18 Å². The molecule has 3 nitrogen and oxygen atoms in total. The number of thiophene rings is 1. The molecular formula is C16H17FN2OS. The van der Waals surface area contributed by atoms with Crippen molar-refractivity contribution in [2.24, 2.45) is 0 Å². The summed E-state index contributed by atoms with van der Waals surface area (Å²) in [4.78, 5) is 13.2. The molecule has 0 radical (unpaired) electrons. The molecule has 0 saturated heterocycles. The van der Waals surface area contributed by atoms with Crippen LogP contribution in [0.4, 0.5) is 9.18 Å². The average Bonchev–Trinajstić information content (AvgIpc) is 3.09. The van der Waals surface area contributed by atoms with Gasteiger partial charge in [0.05, 0.1) is 6.04 Å². The zero-order valence-corrected chi connectivity index (χ0v) is 12.4. The number of carbonyl (C=O) groups excluding carboxylic acids is 1. The smallest absolute Gasteiger partial charge is 0.315 e. The Labute approximate surface area is 127 Å². The van der Waals surface area contributed by atoms with Crippen molar-refractivity contribution in [2.45, 2.75) is 25.3 Å². The van der Waals surface area contributed by atoms with E-state index in [0.717, 1.165) is 30.4 Å². The van der Waals surface area contributed by atoms with Crippen molar-refractivity contribution in [3.05, 3.63) is 57.5 Å². The molecule has 1 atom stereocenters. The Morgan fingerprint density at radius 3 is 3.10 bits per heavy atom. The van der Waals surface area contributed by atoms with Crippen molar-refractivity contribution in [3.8, 4) is 0 Å². The normalized spacial score (nSPS) is 16.5. The van der Waals surface area contributed by atoms with Gasteiger partial charge in [-0.1, -0.05) is 12.1 Å². The molecule has 0 saturated carbocycles. The molecule has 2 aromatic rings. The van der Waals surface area contributed by atoms with Gasteiger partial charge >= 0.3 is 6.03 Å². The van der Waals surface area contributed by atoms with Gasteiger partial charge in [0, 0.05) is 11.4 Å². The fraction of sp³-hybridized carbons (Fsp3) is 0.312. The van der Waals surface area contributed by atoms with Crippen LogP contribution in [0.2, 0.25) is 0 Å². The van der Waals surface area contributed by atoms with Gasteiger partial charge in [0.2, 0.25) is 0 Å². The van der Waals surface area contributed by atoms with Crippen molar-refractivity contribution in [2.75, 3.05) is 6.54 Å². The number of aryl methyl sites for hydroxylation is 1. The number of fused-ring (bicyclic) bond motifs is 1. The Morgan fingerprint density at radius 1 is 1.38 bits per heavy atom. The maximum absolute atomic E-state index is 13.3. The van der Waals surface area contributed by atoms with Gasteiger partial charge in [0.25, 0.3) is 0 Å². The largest absolute Gasteiger partial charge is 0.338 e. The van der Waals surface area contributed by atoms with Crippen LogP contribution in [0.5, 0.6) is 0 Å². The molecule has 5 heteroatoms. The predicted octanol–water partition coefficient (Wildman–Crippen LogP) is 3.42. The maximum Gasteiger partial charge on any atom is 0.315 e. The highest BCUT2D eigenvalue weighted by Gasteiger charge is 2.24. The number of benzene rings is 1. The molecule has 110 valence electrons. The van der Waals surface area contributed by atoms with Crippen LogP contribution < -0.4 is 10.6 Å². The summed E-state index contributed by atoms with van der Waals surface area (Å²) in [6.07, 6.45) is 2.55. The lowest BCUT2D eigenvalue weighted by atomic mass is 10.1. The minimum absolute atomic E-state index is 0.0857. The fourth-order valence-corrected chi connectivity index (χ4v) is 3.40. The third-order valence-electron chi connectivity index (χ3n) is 3.73. The Bertz CT molecular complexity index is 627. The first-order valence-electron chi connectivity index (χ1n) is 7.07. The van der Waals surface area contributed by atoms with E-state index in [2.05, 4.69) is 16.7 Å². The number of amides is 2. The summed E-state index contributed by atoms with van der Waals surface area (Å²) >= 11 is 1.69. The zero-order chi connectivity index (χ0) is 14.7. The van der Waals surface area contributed by atoms with Gasteiger partial charge in [-0.05, 0) is 54.0 Å². The van der Waals surface area contributed by atoms with E-state index in [1.54, 1.807) is 17.4 Å². The number of hydrogen-bond acceptors (Lipinski definition) is 2. The summed E-state index contributed by atoms with van der Waals surface area (Å²) < 4.78 is 13.3. The van der Waals surface area contributed by atoms with Gasteiger partial charge in [-0.15, -0.1) is 11.3 Å². The van der Waals surface area contributed by atoms with Crippen LogP contribution in [0, 0.1) is 5.82 Å². The summed E-state index contributed by atoms with van der Waals surface area (Å²) in [5.41, 5.74) is 2.03. The second kappa shape index (κ2) is 6.26. The molecule has 2 N–H and O–H groups in total. The highest BCUT2D eigenvalue weighted by atomic mass is 32.1. The first kappa shape index (κ1) is 14.1. The van der Waals surface area contributed by atoms with Crippen LogP contribution in [-0.2, 0) is 12.8 Å². The van der Waals surface area contributed by atoms with Gasteiger partial charge in [0.15, 0.2) is 0 Å². The van der Waals surface area contributed by atoms with Crippen molar-refractivity contribution < 1.29 is 9.18 Å². The summed E-state index contributed by atoms with van der Waals surface area (Å²) in [5.74, 6) is -0.249. The van der Waals surface area contributed by atoms with Crippen molar-refractivity contribution in [1.82, 2.24) is 10.6 Å². The third kappa shape index (κ3) is 3.42. The van der Waals surface area contributed by atoms with Crippen LogP contribution in [0.15, 0.2) is 35.7 Å². The lowest BCUT2D eigenvalue weighted by Gasteiger charge is -2.15. The van der Waals surface area contributed by atoms with Crippen LogP contribution in [0.3, 0.4) is 0 Å². The molecule has 1 unspecified atom stereocenters. The van der Waals surface area contributed by atoms with E-state index < -0.39 is 0 Å². The Hall–Kier alpha value is -1.88. The molecule has 1 aliphatic rings. The Balaban J connectivity index is 1.51. The highest BCUT2D eigenvalue weighted by molar-refractivity contribution is 7.09. The number of halogens is 1. The van der Waals surface area contributed by atoms with Crippen molar-refractivity contribution in [1.29, 1.82) is 0 Å². The molecule has 2 amide bonds. The maximum atomic E-state index is 13.3. The number of urea groups is 1. The minimum atomic E-state index is -0.249. The summed E-state index contributed by atoms with van der Waals surface area (Å²) in [6, 6.07) is 8.60. The van der Waals surface area contributed by atoms with E-state index in [9.17, 15) is 9.18 Å². The van der Waals surface area contributed by atoms with Crippen LogP contribution in [0.25, 0.3) is 0 Å². The second-order valence-corrected chi connectivity index (χ2v) is 6.20. The SMILES string of the molecule is O=C(NCCc1cccs1)NC1CCc2ccc(F)cc21. The minimum Gasteiger partial charge on any atom is -0.338 e. The molecule has 0 spiro atoms. The molecule has 0 bridgehead atoms. The lowest BCUT2D eigenvalue weighted by Crippen LogP contribution is -2.38. The first-order valence-corrected chi connectivity index (χ1v) is 7.95. The quantitative estimate of drug-likeness (QED) is 0.893. The van der Waals surface area contributed by atoms with E-state index >= 15 is 0 Å². The first-order chi connectivity index (χ1) is 10.2. The monoisotopic (exact) mass is 304 g/mol. The molecule has 21 heavy (non-hydrogen) atoms. The number of rotatable bonds is 4. The van der Waals surface area contributed by atoms with Crippen LogP contribution in [0.1, 0.15) is 28.5 Å². The molecule has 1 heterocycles. The van der Waals surface area contributed by atoms with E-state index in [4.69, 9.17) is 0 Å². The van der Waals surface area contributed by atoms with Crippen molar-refractivity contribution in [3.63, 3.8) is 0 Å². The standard InChI is InChI=1S/C16H17FN2OS/c17-12-5-3-11-4-6-15(14(11)10-12)19-16(20)18-8-7-13-2-1-9-21-13/h1-3,5,9-10,15H,4,6-8H2,(H2,18,19,20). The molecule has 1 aromatic carbocycles. The summed E-state index contributed by atoms with van der Waals surface area (Å²) in [7, 11) is 0. The Kier molecular flexibility index (Phi) is 4.20. The molecule has 0 aliphatic heterocycles. The van der Waals surface area contributed by atoms with E-state index in [1.165, 1.54) is 17.0 Å². The number of nitrogens with one attached hydrogen (secondary N) is 2. The van der Waals surface area contributed by atoms with Crippen molar-refractivity contribution >= 4 is 17.4 Å². The number of hydrogen-bond donors (Lipinski definition) is 2. The second-order valence-electron chi connectivity index (χ2n) is 5.16. The van der Waals surface area contributed by atoms with Gasteiger partial charge in [-0.2, -0.15) is 0 Å². The number of carbonyl (C=O) groups is 1. The fourth-order valence-electron chi connectivity index (χ4n) is 2.69. The predicted molar refractivity (Wildman–Crippen MR) is 82.0 cm³/mol. The van der Waals surface area contributed by atoms with E-state index in [0.29, 0.717) is 6.54 Å². The van der Waals surface area contributed by atoms with Crippen LogP contribution in [-0.4, -0.2) is 12.6 Å². The van der Waals surface area contributed by atoms with Gasteiger partial charge < -0.3 is 10.6 Å². The summed E-state index contributed by atoms with van der Waals surface area (Å²) in [6.45, 7) is 0.606. The van der Waals surface area contributed by atoms with Gasteiger partial charge in [0.1, 0.15) is 5.82 Å². The molecule has 1 aromatic heterocycles. The Morgan fingerprint density at radius 2 is 2.29 bits per heavy atom. The highest BCUT2D eigenvalue weighted by Crippen LogP contribution is 2.31. The van der Waals surface area contributed by atoms with E-state index in [1.807, 2.05) is 11.4 Å². The molecule has 3 rings (SSSR count). The van der Waals surface area contributed by atoms with E-state index in [-0.39, 0.29) is 17.9 Å². The average molecular weight is 304 g/mol. The lowest BCUT2D eigenvalue weighted by molar-refractivity contribution is 0.237. The van der Waals surface area contributed by atoms with Gasteiger partial charge in [-0.3, -0.25) is 0 Å². The molecule has 1 aliphatic carbocycles. The van der Waals surface area contributed by atoms with Crippen LogP contribution >= 0.6 is 11.3 Å². The zero-order valence-electron chi connectivity index (χ0n) is 11.6. The molecule has 0 fully saturated rings. The summed E-state index contributed by atoms with van der Waals surface area (Å²) in [5, 5.41) is 7.81. The topological polar surface area (TPSA) is 41.1 Å². The molecular weight excluding hydrogens is 287 g/mol. The third-order valence-corrected chi connectivity index (χ3v) is 4.66.